The molecule has 3 rings (SSSR count). The van der Waals surface area contributed by atoms with E-state index in [1.807, 2.05) is 26.0 Å². The highest BCUT2D eigenvalue weighted by Crippen LogP contribution is 2.16. The first-order chi connectivity index (χ1) is 12.1. The van der Waals surface area contributed by atoms with Gasteiger partial charge in [0, 0.05) is 0 Å². The van der Waals surface area contributed by atoms with Crippen LogP contribution in [-0.2, 0) is 4.74 Å². The monoisotopic (exact) mass is 337 g/mol. The smallest absolute Gasteiger partial charge is 0.338 e. The van der Waals surface area contributed by atoms with Crippen LogP contribution in [0.4, 0.5) is 0 Å². The molecule has 0 aliphatic rings. The number of carbonyl (C=O) groups excluding carboxylic acids is 1. The number of ether oxygens (including phenoxy) is 2. The maximum Gasteiger partial charge on any atom is 0.338 e. The summed E-state index contributed by atoms with van der Waals surface area (Å²) in [4.78, 5) is 15.9. The first-order valence-electron chi connectivity index (χ1n) is 7.95. The number of aromatic nitrogens is 3. The zero-order valence-corrected chi connectivity index (χ0v) is 14.2. The van der Waals surface area contributed by atoms with Crippen molar-refractivity contribution in [3.8, 4) is 11.4 Å². The normalized spacial score (nSPS) is 10.5. The van der Waals surface area contributed by atoms with E-state index in [0.29, 0.717) is 12.2 Å². The maximum atomic E-state index is 12.0. The molecule has 0 spiro atoms. The van der Waals surface area contributed by atoms with Gasteiger partial charge in [-0.25, -0.2) is 14.5 Å². The number of nitrogens with zero attached hydrogens (tertiary/aromatic N) is 3. The molecule has 0 aliphatic carbocycles. The Labute approximate surface area is 146 Å². The van der Waals surface area contributed by atoms with Gasteiger partial charge in [-0.3, -0.25) is 0 Å². The van der Waals surface area contributed by atoms with E-state index in [-0.39, 0.29) is 12.6 Å². The summed E-state index contributed by atoms with van der Waals surface area (Å²) < 4.78 is 12.5. The summed E-state index contributed by atoms with van der Waals surface area (Å²) in [6.45, 7) is 4.54. The predicted molar refractivity (Wildman–Crippen MR) is 93.1 cm³/mol. The molecule has 3 aromatic rings. The van der Waals surface area contributed by atoms with Crippen LogP contribution in [0.3, 0.4) is 0 Å². The molecular weight excluding hydrogens is 318 g/mol. The molecule has 0 bridgehead atoms. The summed E-state index contributed by atoms with van der Waals surface area (Å²) in [5.41, 5.74) is 3.58. The lowest BCUT2D eigenvalue weighted by atomic mass is 10.1. The molecule has 0 atom stereocenters. The molecule has 1 aromatic heterocycles. The Morgan fingerprint density at radius 1 is 1.04 bits per heavy atom. The van der Waals surface area contributed by atoms with Crippen LogP contribution in [0.1, 0.15) is 21.5 Å². The molecule has 2 aromatic carbocycles. The van der Waals surface area contributed by atoms with E-state index in [4.69, 9.17) is 9.47 Å². The fourth-order valence-corrected chi connectivity index (χ4v) is 2.49. The van der Waals surface area contributed by atoms with Crippen LogP contribution in [0.5, 0.6) is 5.75 Å². The maximum absolute atomic E-state index is 12.0. The van der Waals surface area contributed by atoms with Gasteiger partial charge >= 0.3 is 5.97 Å². The number of benzene rings is 2. The number of hydrogen-bond acceptors (Lipinski definition) is 5. The highest BCUT2D eigenvalue weighted by atomic mass is 16.6. The SMILES string of the molecule is Cc1cc(C)cc(OCCOC(=O)c2ccc(-n3cncn3)cc2)c1. The molecule has 6 nitrogen and oxygen atoms in total. The lowest BCUT2D eigenvalue weighted by molar-refractivity contribution is 0.0450. The molecule has 6 heteroatoms. The Bertz CT molecular complexity index is 823. The minimum Gasteiger partial charge on any atom is -0.490 e. The highest BCUT2D eigenvalue weighted by Gasteiger charge is 2.08. The van der Waals surface area contributed by atoms with Gasteiger partial charge in [0.1, 0.15) is 31.6 Å². The molecular formula is C19H19N3O3. The van der Waals surface area contributed by atoms with Crippen LogP contribution in [0.2, 0.25) is 0 Å². The van der Waals surface area contributed by atoms with E-state index >= 15 is 0 Å². The quantitative estimate of drug-likeness (QED) is 0.511. The third-order valence-electron chi connectivity index (χ3n) is 3.57. The Morgan fingerprint density at radius 2 is 1.76 bits per heavy atom. The molecule has 0 N–H and O–H groups in total. The largest absolute Gasteiger partial charge is 0.490 e. The number of aryl methyl sites for hydroxylation is 2. The summed E-state index contributed by atoms with van der Waals surface area (Å²) in [6.07, 6.45) is 3.05. The van der Waals surface area contributed by atoms with Gasteiger partial charge in [0.15, 0.2) is 0 Å². The Kier molecular flexibility index (Phi) is 5.09. The van der Waals surface area contributed by atoms with Crippen molar-refractivity contribution in [2.45, 2.75) is 13.8 Å². The van der Waals surface area contributed by atoms with Crippen LogP contribution in [0, 0.1) is 13.8 Å². The van der Waals surface area contributed by atoms with Crippen molar-refractivity contribution in [2.24, 2.45) is 0 Å². The average Bonchev–Trinajstić information content (AvgIpc) is 3.12. The van der Waals surface area contributed by atoms with E-state index in [9.17, 15) is 4.79 Å². The summed E-state index contributed by atoms with van der Waals surface area (Å²) >= 11 is 0. The van der Waals surface area contributed by atoms with Crippen molar-refractivity contribution >= 4 is 5.97 Å². The number of rotatable bonds is 6. The van der Waals surface area contributed by atoms with Gasteiger partial charge < -0.3 is 9.47 Å². The molecule has 0 aliphatic heterocycles. The van der Waals surface area contributed by atoms with Gasteiger partial charge in [-0.1, -0.05) is 6.07 Å². The van der Waals surface area contributed by atoms with Crippen LogP contribution >= 0.6 is 0 Å². The Hall–Kier alpha value is -3.15. The first kappa shape index (κ1) is 16.7. The van der Waals surface area contributed by atoms with E-state index < -0.39 is 0 Å². The Balaban J connectivity index is 1.49. The fourth-order valence-electron chi connectivity index (χ4n) is 2.49. The average molecular weight is 337 g/mol. The summed E-state index contributed by atoms with van der Waals surface area (Å²) in [5, 5.41) is 4.04. The molecule has 0 saturated heterocycles. The molecule has 0 radical (unpaired) electrons. The minimum absolute atomic E-state index is 0.191. The number of esters is 1. The van der Waals surface area contributed by atoms with Crippen LogP contribution in [0.25, 0.3) is 5.69 Å². The van der Waals surface area contributed by atoms with Gasteiger partial charge in [0.25, 0.3) is 0 Å². The van der Waals surface area contributed by atoms with Gasteiger partial charge in [0.05, 0.1) is 11.3 Å². The summed E-state index contributed by atoms with van der Waals surface area (Å²) in [6, 6.07) is 13.0. The molecule has 0 unspecified atom stereocenters. The van der Waals surface area contributed by atoms with Gasteiger partial charge in [-0.2, -0.15) is 5.10 Å². The van der Waals surface area contributed by atoms with E-state index in [1.165, 1.54) is 6.33 Å². The number of hydrogen-bond donors (Lipinski definition) is 0. The van der Waals surface area contributed by atoms with E-state index in [1.54, 1.807) is 35.3 Å². The molecule has 0 saturated carbocycles. The van der Waals surface area contributed by atoms with Crippen molar-refractivity contribution in [1.29, 1.82) is 0 Å². The lowest BCUT2D eigenvalue weighted by Gasteiger charge is -2.09. The fraction of sp³-hybridized carbons (Fsp3) is 0.211. The lowest BCUT2D eigenvalue weighted by Crippen LogP contribution is -2.12. The van der Waals surface area contributed by atoms with Crippen molar-refractivity contribution in [2.75, 3.05) is 13.2 Å². The van der Waals surface area contributed by atoms with Crippen molar-refractivity contribution in [1.82, 2.24) is 14.8 Å². The van der Waals surface area contributed by atoms with Gasteiger partial charge in [-0.05, 0) is 61.4 Å². The zero-order valence-electron chi connectivity index (χ0n) is 14.2. The molecule has 0 fully saturated rings. The topological polar surface area (TPSA) is 66.2 Å². The Morgan fingerprint density at radius 3 is 2.40 bits per heavy atom. The van der Waals surface area contributed by atoms with Crippen LogP contribution < -0.4 is 4.74 Å². The number of carbonyl (C=O) groups is 1. The predicted octanol–water partition coefficient (Wildman–Crippen LogP) is 3.12. The third kappa shape index (κ3) is 4.44. The van der Waals surface area contributed by atoms with Crippen molar-refractivity contribution < 1.29 is 14.3 Å². The van der Waals surface area contributed by atoms with E-state index in [0.717, 1.165) is 22.6 Å². The van der Waals surface area contributed by atoms with Crippen molar-refractivity contribution in [3.05, 3.63) is 71.8 Å². The second-order valence-corrected chi connectivity index (χ2v) is 5.69. The van der Waals surface area contributed by atoms with Crippen molar-refractivity contribution in [3.63, 3.8) is 0 Å². The zero-order chi connectivity index (χ0) is 17.6. The molecule has 0 amide bonds. The molecule has 1 heterocycles. The second kappa shape index (κ2) is 7.61. The third-order valence-corrected chi connectivity index (χ3v) is 3.57. The first-order valence-corrected chi connectivity index (χ1v) is 7.95. The van der Waals surface area contributed by atoms with Crippen LogP contribution in [0.15, 0.2) is 55.1 Å². The molecule has 25 heavy (non-hydrogen) atoms. The van der Waals surface area contributed by atoms with E-state index in [2.05, 4.69) is 16.1 Å². The van der Waals surface area contributed by atoms with Gasteiger partial charge in [-0.15, -0.1) is 0 Å². The molecule has 128 valence electrons. The second-order valence-electron chi connectivity index (χ2n) is 5.69. The van der Waals surface area contributed by atoms with Gasteiger partial charge in [0.2, 0.25) is 0 Å². The van der Waals surface area contributed by atoms with Crippen LogP contribution in [-0.4, -0.2) is 33.9 Å². The minimum atomic E-state index is -0.380. The highest BCUT2D eigenvalue weighted by molar-refractivity contribution is 5.89. The standard InChI is InChI=1S/C19H19N3O3/c1-14-9-15(2)11-18(10-14)24-7-8-25-19(23)16-3-5-17(6-4-16)22-13-20-12-21-22/h3-6,9-13H,7-8H2,1-2H3. The summed E-state index contributed by atoms with van der Waals surface area (Å²) in [5.74, 6) is 0.403. The summed E-state index contributed by atoms with van der Waals surface area (Å²) in [7, 11) is 0.